The predicted octanol–water partition coefficient (Wildman–Crippen LogP) is 6.35. The zero-order chi connectivity index (χ0) is 36.2. The topological polar surface area (TPSA) is 144 Å². The van der Waals surface area contributed by atoms with Gasteiger partial charge in [0.2, 0.25) is 5.91 Å². The average Bonchev–Trinajstić information content (AvgIpc) is 3.52. The Kier molecular flexibility index (Phi) is 16.0. The van der Waals surface area contributed by atoms with Gasteiger partial charge in [0.1, 0.15) is 28.9 Å². The Labute approximate surface area is 289 Å². The standard InChI is InChI=1S/C36H55N3O8S/c1-11-23(5)30(38-35(44)47-36(7,8)9)32(41)39(10)28(22(3)4)20-29(40)31-37-27(21-48-31)34(43)46-26(18-24(6)33(42)45-12-2)19-25-16-14-13-15-17-25/h13-17,21-24,26,28-30,40H,11-12,18-20H2,1-10H3,(H,38,44). The van der Waals surface area contributed by atoms with E-state index in [-0.39, 0.29) is 48.9 Å². The number of amides is 2. The van der Waals surface area contributed by atoms with E-state index in [0.29, 0.717) is 17.8 Å². The minimum absolute atomic E-state index is 0.0442. The lowest BCUT2D eigenvalue weighted by Gasteiger charge is -2.36. The maximum absolute atomic E-state index is 13.8. The minimum Gasteiger partial charge on any atom is -0.466 e. The summed E-state index contributed by atoms with van der Waals surface area (Å²) >= 11 is 1.13. The number of thiazole rings is 1. The molecule has 0 bridgehead atoms. The van der Waals surface area contributed by atoms with Crippen molar-refractivity contribution in [1.82, 2.24) is 15.2 Å². The number of nitrogens with zero attached hydrogens (tertiary/aromatic N) is 2. The number of nitrogens with one attached hydrogen (secondary N) is 1. The molecule has 2 amide bonds. The van der Waals surface area contributed by atoms with E-state index in [1.54, 1.807) is 46.6 Å². The number of hydrogen-bond donors (Lipinski definition) is 2. The number of benzene rings is 1. The second-order valence-electron chi connectivity index (χ2n) is 13.7. The van der Waals surface area contributed by atoms with E-state index in [0.717, 1.165) is 16.9 Å². The summed E-state index contributed by atoms with van der Waals surface area (Å²) in [5, 5.41) is 15.9. The summed E-state index contributed by atoms with van der Waals surface area (Å²) < 4.78 is 16.4. The molecule has 48 heavy (non-hydrogen) atoms. The van der Waals surface area contributed by atoms with Crippen LogP contribution in [0.15, 0.2) is 35.7 Å². The Bertz CT molecular complexity index is 1330. The maximum Gasteiger partial charge on any atom is 0.408 e. The SMILES string of the molecule is CCOC(=O)C(C)CC(Cc1ccccc1)OC(=O)c1csc(C(O)CC(C(C)C)N(C)C(=O)C(NC(=O)OC(C)(C)C)C(C)CC)n1. The van der Waals surface area contributed by atoms with Crippen molar-refractivity contribution in [3.05, 3.63) is 52.0 Å². The van der Waals surface area contributed by atoms with E-state index in [2.05, 4.69) is 10.3 Å². The fourth-order valence-electron chi connectivity index (χ4n) is 5.28. The Morgan fingerprint density at radius 3 is 2.23 bits per heavy atom. The average molecular weight is 690 g/mol. The summed E-state index contributed by atoms with van der Waals surface area (Å²) in [6, 6.07) is 8.33. The number of aliphatic hydroxyl groups excluding tert-OH is 1. The smallest absolute Gasteiger partial charge is 0.408 e. The van der Waals surface area contributed by atoms with E-state index in [1.807, 2.05) is 58.0 Å². The molecule has 0 radical (unpaired) electrons. The van der Waals surface area contributed by atoms with Crippen LogP contribution in [0.25, 0.3) is 0 Å². The van der Waals surface area contributed by atoms with Gasteiger partial charge in [0.15, 0.2) is 5.69 Å². The lowest BCUT2D eigenvalue weighted by molar-refractivity contribution is -0.148. The van der Waals surface area contributed by atoms with Gasteiger partial charge in [-0.15, -0.1) is 11.3 Å². The number of carbonyl (C=O) groups is 4. The summed E-state index contributed by atoms with van der Waals surface area (Å²) in [6.07, 6.45) is -0.839. The maximum atomic E-state index is 13.8. The van der Waals surface area contributed by atoms with Gasteiger partial charge < -0.3 is 29.5 Å². The monoisotopic (exact) mass is 689 g/mol. The molecule has 1 aromatic carbocycles. The fraction of sp³-hybridized carbons (Fsp3) is 0.639. The number of carbonyl (C=O) groups excluding carboxylic acids is 4. The van der Waals surface area contributed by atoms with Gasteiger partial charge in [-0.1, -0.05) is 71.4 Å². The number of esters is 2. The Morgan fingerprint density at radius 1 is 1.02 bits per heavy atom. The van der Waals surface area contributed by atoms with Crippen LogP contribution in [-0.4, -0.2) is 76.4 Å². The fourth-order valence-corrected chi connectivity index (χ4v) is 6.06. The lowest BCUT2D eigenvalue weighted by Crippen LogP contribution is -2.54. The van der Waals surface area contributed by atoms with Gasteiger partial charge >= 0.3 is 18.0 Å². The van der Waals surface area contributed by atoms with E-state index in [9.17, 15) is 24.3 Å². The summed E-state index contributed by atoms with van der Waals surface area (Å²) in [5.41, 5.74) is 0.294. The van der Waals surface area contributed by atoms with E-state index in [1.165, 1.54) is 5.38 Å². The van der Waals surface area contributed by atoms with Crippen molar-refractivity contribution in [2.24, 2.45) is 17.8 Å². The van der Waals surface area contributed by atoms with Crippen molar-refractivity contribution in [1.29, 1.82) is 0 Å². The third kappa shape index (κ3) is 12.8. The molecule has 1 aromatic heterocycles. The highest BCUT2D eigenvalue weighted by Gasteiger charge is 2.35. The zero-order valence-electron chi connectivity index (χ0n) is 30.1. The van der Waals surface area contributed by atoms with Crippen LogP contribution in [0.4, 0.5) is 4.79 Å². The van der Waals surface area contributed by atoms with Crippen molar-refractivity contribution in [3.8, 4) is 0 Å². The minimum atomic E-state index is -1.07. The molecule has 0 saturated heterocycles. The van der Waals surface area contributed by atoms with Crippen molar-refractivity contribution in [2.45, 2.75) is 118 Å². The highest BCUT2D eigenvalue weighted by Crippen LogP contribution is 2.28. The molecule has 2 aromatic rings. The number of aliphatic hydroxyl groups is 1. The van der Waals surface area contributed by atoms with E-state index < -0.39 is 47.9 Å². The molecule has 6 atom stereocenters. The molecule has 11 nitrogen and oxygen atoms in total. The quantitative estimate of drug-likeness (QED) is 0.143. The Balaban J connectivity index is 2.18. The molecular weight excluding hydrogens is 634 g/mol. The van der Waals surface area contributed by atoms with Gasteiger partial charge in [0.05, 0.1) is 12.5 Å². The summed E-state index contributed by atoms with van der Waals surface area (Å²) in [6.45, 7) is 16.8. The first kappa shape index (κ1) is 40.7. The van der Waals surface area contributed by atoms with Crippen LogP contribution >= 0.6 is 11.3 Å². The Morgan fingerprint density at radius 2 is 1.67 bits per heavy atom. The summed E-state index contributed by atoms with van der Waals surface area (Å²) in [4.78, 5) is 57.9. The van der Waals surface area contributed by atoms with Gasteiger partial charge in [0.25, 0.3) is 0 Å². The van der Waals surface area contributed by atoms with Gasteiger partial charge in [-0.05, 0) is 51.5 Å². The first-order chi connectivity index (χ1) is 22.5. The van der Waals surface area contributed by atoms with Gasteiger partial charge in [0, 0.05) is 31.3 Å². The number of rotatable bonds is 17. The molecule has 12 heteroatoms. The molecular formula is C36H55N3O8S. The van der Waals surface area contributed by atoms with Crippen LogP contribution in [0.2, 0.25) is 0 Å². The zero-order valence-corrected chi connectivity index (χ0v) is 31.0. The molecule has 268 valence electrons. The van der Waals surface area contributed by atoms with Crippen LogP contribution in [-0.2, 0) is 30.2 Å². The molecule has 2 rings (SSSR count). The number of aromatic nitrogens is 1. The molecule has 2 N–H and O–H groups in total. The van der Waals surface area contributed by atoms with Gasteiger partial charge in [-0.3, -0.25) is 9.59 Å². The van der Waals surface area contributed by atoms with Crippen molar-refractivity contribution in [3.63, 3.8) is 0 Å². The first-order valence-corrected chi connectivity index (χ1v) is 17.7. The molecule has 0 saturated carbocycles. The molecule has 0 aliphatic heterocycles. The molecule has 0 aliphatic carbocycles. The molecule has 6 unspecified atom stereocenters. The summed E-state index contributed by atoms with van der Waals surface area (Å²) in [5.74, 6) is -1.98. The second-order valence-corrected chi connectivity index (χ2v) is 14.6. The third-order valence-electron chi connectivity index (χ3n) is 8.13. The molecule has 0 spiro atoms. The van der Waals surface area contributed by atoms with Crippen LogP contribution in [0, 0.1) is 17.8 Å². The highest BCUT2D eigenvalue weighted by molar-refractivity contribution is 7.09. The molecule has 0 aliphatic rings. The van der Waals surface area contributed by atoms with Crippen molar-refractivity contribution < 1.29 is 38.5 Å². The van der Waals surface area contributed by atoms with Gasteiger partial charge in [-0.2, -0.15) is 0 Å². The molecule has 1 heterocycles. The highest BCUT2D eigenvalue weighted by atomic mass is 32.1. The number of alkyl carbamates (subject to hydrolysis) is 1. The Hall–Kier alpha value is -3.51. The van der Waals surface area contributed by atoms with Crippen molar-refractivity contribution >= 4 is 35.3 Å². The van der Waals surface area contributed by atoms with Crippen LogP contribution in [0.5, 0.6) is 0 Å². The lowest BCUT2D eigenvalue weighted by atomic mass is 9.93. The number of ether oxygens (including phenoxy) is 3. The molecule has 0 fully saturated rings. The number of hydrogen-bond acceptors (Lipinski definition) is 10. The normalized spacial score (nSPS) is 15.4. The number of likely N-dealkylation sites (N-methyl/N-ethyl adjacent to an activating group) is 1. The van der Waals surface area contributed by atoms with Crippen molar-refractivity contribution in [2.75, 3.05) is 13.7 Å². The van der Waals surface area contributed by atoms with Crippen LogP contribution < -0.4 is 5.32 Å². The second kappa shape index (κ2) is 18.9. The largest absolute Gasteiger partial charge is 0.466 e. The predicted molar refractivity (Wildman–Crippen MR) is 185 cm³/mol. The van der Waals surface area contributed by atoms with Crippen LogP contribution in [0.3, 0.4) is 0 Å². The summed E-state index contributed by atoms with van der Waals surface area (Å²) in [7, 11) is 1.67. The first-order valence-electron chi connectivity index (χ1n) is 16.8. The van der Waals surface area contributed by atoms with E-state index in [4.69, 9.17) is 14.2 Å². The van der Waals surface area contributed by atoms with Gasteiger partial charge in [-0.25, -0.2) is 14.6 Å². The third-order valence-corrected chi connectivity index (χ3v) is 9.08. The van der Waals surface area contributed by atoms with E-state index >= 15 is 0 Å². The van der Waals surface area contributed by atoms with Crippen LogP contribution in [0.1, 0.15) is 109 Å².